The van der Waals surface area contributed by atoms with Crippen molar-refractivity contribution >= 4 is 11.6 Å². The smallest absolute Gasteiger partial charge is 0.237 e. The minimum absolute atomic E-state index is 0.0628. The lowest BCUT2D eigenvalue weighted by Crippen LogP contribution is -2.42. The summed E-state index contributed by atoms with van der Waals surface area (Å²) >= 11 is 0. The first kappa shape index (κ1) is 12.9. The fraction of sp³-hybridized carbons (Fsp3) is 0.500. The van der Waals surface area contributed by atoms with E-state index in [2.05, 4.69) is 5.32 Å². The first-order valence-electron chi connectivity index (χ1n) is 6.56. The van der Waals surface area contributed by atoms with Crippen LogP contribution in [0.15, 0.2) is 18.2 Å². The summed E-state index contributed by atoms with van der Waals surface area (Å²) in [6.45, 7) is 1.92. The molecule has 0 saturated heterocycles. The molecule has 0 heterocycles. The van der Waals surface area contributed by atoms with Crippen LogP contribution in [0, 0.1) is 0 Å². The highest BCUT2D eigenvalue weighted by molar-refractivity contribution is 5.81. The molecule has 5 N–H and O–H groups in total. The maximum Gasteiger partial charge on any atom is 0.237 e. The maximum atomic E-state index is 11.9. The van der Waals surface area contributed by atoms with Gasteiger partial charge in [-0.15, -0.1) is 0 Å². The topological polar surface area (TPSA) is 81.1 Å². The van der Waals surface area contributed by atoms with E-state index in [0.717, 1.165) is 24.9 Å². The van der Waals surface area contributed by atoms with Gasteiger partial charge in [0, 0.05) is 5.69 Å². The first-order chi connectivity index (χ1) is 8.61. The van der Waals surface area contributed by atoms with Crippen molar-refractivity contribution < 1.29 is 4.79 Å². The van der Waals surface area contributed by atoms with Crippen LogP contribution in [0.2, 0.25) is 0 Å². The number of nitrogen functional groups attached to an aromatic ring is 1. The molecule has 0 aliphatic heterocycles. The van der Waals surface area contributed by atoms with Crippen molar-refractivity contribution in [3.63, 3.8) is 0 Å². The number of aryl methyl sites for hydroxylation is 1. The Balaban J connectivity index is 2.15. The second-order valence-corrected chi connectivity index (χ2v) is 4.93. The molecule has 0 saturated carbocycles. The molecule has 4 heteroatoms. The van der Waals surface area contributed by atoms with Crippen LogP contribution in [0.3, 0.4) is 0 Å². The summed E-state index contributed by atoms with van der Waals surface area (Å²) in [4.78, 5) is 11.9. The van der Waals surface area contributed by atoms with E-state index < -0.39 is 6.04 Å². The molecule has 4 nitrogen and oxygen atoms in total. The molecule has 1 amide bonds. The van der Waals surface area contributed by atoms with Crippen molar-refractivity contribution in [3.8, 4) is 0 Å². The van der Waals surface area contributed by atoms with E-state index >= 15 is 0 Å². The summed E-state index contributed by atoms with van der Waals surface area (Å²) in [5.41, 5.74) is 14.8. The Kier molecular flexibility index (Phi) is 3.87. The van der Waals surface area contributed by atoms with Crippen LogP contribution in [0.5, 0.6) is 0 Å². The average Bonchev–Trinajstić information content (AvgIpc) is 2.37. The van der Waals surface area contributed by atoms with Crippen molar-refractivity contribution in [2.45, 2.75) is 44.7 Å². The fourth-order valence-electron chi connectivity index (χ4n) is 2.45. The van der Waals surface area contributed by atoms with Crippen molar-refractivity contribution in [2.75, 3.05) is 5.73 Å². The van der Waals surface area contributed by atoms with Crippen LogP contribution in [0.4, 0.5) is 5.69 Å². The third kappa shape index (κ3) is 2.64. The lowest BCUT2D eigenvalue weighted by molar-refractivity contribution is -0.123. The van der Waals surface area contributed by atoms with Gasteiger partial charge in [0.25, 0.3) is 0 Å². The number of nitrogens with two attached hydrogens (primary N) is 2. The van der Waals surface area contributed by atoms with Gasteiger partial charge in [0.2, 0.25) is 5.91 Å². The molecule has 1 aliphatic carbocycles. The van der Waals surface area contributed by atoms with Crippen LogP contribution < -0.4 is 16.8 Å². The summed E-state index contributed by atoms with van der Waals surface area (Å²) in [6.07, 6.45) is 3.74. The van der Waals surface area contributed by atoms with E-state index in [1.165, 1.54) is 11.1 Å². The number of carbonyl (C=O) groups excluding carboxylic acids is 1. The predicted molar refractivity (Wildman–Crippen MR) is 72.9 cm³/mol. The van der Waals surface area contributed by atoms with Crippen LogP contribution in [-0.4, -0.2) is 11.9 Å². The molecular weight excluding hydrogens is 226 g/mol. The standard InChI is InChI=1S/C14H21N3O/c1-2-12(16)14(18)17-13-5-3-4-9-8-10(15)6-7-11(9)13/h6-8,12-13H,2-5,15-16H2,1H3,(H,17,18)/t12-,13?/m0/s1. The summed E-state index contributed by atoms with van der Waals surface area (Å²) in [7, 11) is 0. The molecule has 0 radical (unpaired) electrons. The molecule has 0 spiro atoms. The van der Waals surface area contributed by atoms with Gasteiger partial charge in [0.15, 0.2) is 0 Å². The van der Waals surface area contributed by atoms with Gasteiger partial charge in [0.05, 0.1) is 12.1 Å². The highest BCUT2D eigenvalue weighted by atomic mass is 16.2. The number of benzene rings is 1. The Hall–Kier alpha value is -1.55. The quantitative estimate of drug-likeness (QED) is 0.708. The van der Waals surface area contributed by atoms with E-state index in [1.54, 1.807) is 0 Å². The largest absolute Gasteiger partial charge is 0.399 e. The van der Waals surface area contributed by atoms with E-state index in [9.17, 15) is 4.79 Å². The lowest BCUT2D eigenvalue weighted by atomic mass is 9.87. The average molecular weight is 247 g/mol. The molecule has 1 aliphatic rings. The number of rotatable bonds is 3. The minimum atomic E-state index is -0.413. The van der Waals surface area contributed by atoms with Gasteiger partial charge in [-0.2, -0.15) is 0 Å². The predicted octanol–water partition coefficient (Wildman–Crippen LogP) is 1.50. The molecule has 1 aromatic rings. The molecule has 2 rings (SSSR count). The molecular formula is C14H21N3O. The second-order valence-electron chi connectivity index (χ2n) is 4.93. The summed E-state index contributed by atoms with van der Waals surface area (Å²) in [6, 6.07) is 5.59. The SMILES string of the molecule is CC[C@H](N)C(=O)NC1CCCc2cc(N)ccc21. The molecule has 1 unspecified atom stereocenters. The zero-order valence-electron chi connectivity index (χ0n) is 10.8. The van der Waals surface area contributed by atoms with Crippen molar-refractivity contribution in [2.24, 2.45) is 5.73 Å². The zero-order chi connectivity index (χ0) is 13.1. The van der Waals surface area contributed by atoms with Crippen LogP contribution in [0.25, 0.3) is 0 Å². The van der Waals surface area contributed by atoms with Crippen LogP contribution in [0.1, 0.15) is 43.4 Å². The normalized spacial score (nSPS) is 20.0. The van der Waals surface area contributed by atoms with Crippen LogP contribution >= 0.6 is 0 Å². The van der Waals surface area contributed by atoms with Gasteiger partial charge in [-0.05, 0) is 48.9 Å². The van der Waals surface area contributed by atoms with Crippen molar-refractivity contribution in [1.29, 1.82) is 0 Å². The van der Waals surface area contributed by atoms with Crippen molar-refractivity contribution in [3.05, 3.63) is 29.3 Å². The Morgan fingerprint density at radius 1 is 1.56 bits per heavy atom. The first-order valence-corrected chi connectivity index (χ1v) is 6.56. The number of hydrogen-bond acceptors (Lipinski definition) is 3. The Bertz CT molecular complexity index is 445. The molecule has 0 aromatic heterocycles. The molecule has 98 valence electrons. The highest BCUT2D eigenvalue weighted by Gasteiger charge is 2.23. The number of amides is 1. The molecule has 0 bridgehead atoms. The summed E-state index contributed by atoms with van der Waals surface area (Å²) in [5, 5.41) is 3.04. The number of nitrogens with one attached hydrogen (secondary N) is 1. The van der Waals surface area contributed by atoms with E-state index in [4.69, 9.17) is 11.5 Å². The Labute approximate surface area is 108 Å². The fourth-order valence-corrected chi connectivity index (χ4v) is 2.45. The van der Waals surface area contributed by atoms with Crippen LogP contribution in [-0.2, 0) is 11.2 Å². The monoisotopic (exact) mass is 247 g/mol. The molecule has 0 fully saturated rings. The highest BCUT2D eigenvalue weighted by Crippen LogP contribution is 2.30. The number of carbonyl (C=O) groups is 1. The number of fused-ring (bicyclic) bond motifs is 1. The molecule has 1 aromatic carbocycles. The van der Waals surface area contributed by atoms with Gasteiger partial charge >= 0.3 is 0 Å². The van der Waals surface area contributed by atoms with E-state index in [-0.39, 0.29) is 11.9 Å². The Morgan fingerprint density at radius 2 is 2.33 bits per heavy atom. The number of hydrogen-bond donors (Lipinski definition) is 3. The van der Waals surface area contributed by atoms with Gasteiger partial charge in [-0.25, -0.2) is 0 Å². The van der Waals surface area contributed by atoms with Gasteiger partial charge in [-0.1, -0.05) is 13.0 Å². The van der Waals surface area contributed by atoms with Gasteiger partial charge < -0.3 is 16.8 Å². The van der Waals surface area contributed by atoms with E-state index in [0.29, 0.717) is 6.42 Å². The molecule has 18 heavy (non-hydrogen) atoms. The minimum Gasteiger partial charge on any atom is -0.399 e. The second kappa shape index (κ2) is 5.40. The third-order valence-electron chi connectivity index (χ3n) is 3.57. The summed E-state index contributed by atoms with van der Waals surface area (Å²) < 4.78 is 0. The third-order valence-corrected chi connectivity index (χ3v) is 3.57. The van der Waals surface area contributed by atoms with Crippen molar-refractivity contribution in [1.82, 2.24) is 5.32 Å². The maximum absolute atomic E-state index is 11.9. The lowest BCUT2D eigenvalue weighted by Gasteiger charge is -2.27. The molecule has 2 atom stereocenters. The summed E-state index contributed by atoms with van der Waals surface area (Å²) in [5.74, 6) is -0.0628. The van der Waals surface area contributed by atoms with Gasteiger partial charge in [-0.3, -0.25) is 4.79 Å². The Morgan fingerprint density at radius 3 is 3.06 bits per heavy atom. The zero-order valence-corrected chi connectivity index (χ0v) is 10.8. The van der Waals surface area contributed by atoms with E-state index in [1.807, 2.05) is 25.1 Å². The van der Waals surface area contributed by atoms with Gasteiger partial charge in [0.1, 0.15) is 0 Å². The number of anilines is 1.